The molecule has 226 valence electrons. The quantitative estimate of drug-likeness (QED) is 0.150. The Balaban J connectivity index is 1.44. The lowest BCUT2D eigenvalue weighted by atomic mass is 10.0. The van der Waals surface area contributed by atoms with Crippen LogP contribution >= 0.6 is 0 Å². The van der Waals surface area contributed by atoms with E-state index < -0.39 is 40.2 Å². The Bertz CT molecular complexity index is 1250. The molecule has 2 N–H and O–H groups in total. The third-order valence-corrected chi connectivity index (χ3v) is 6.54. The highest BCUT2D eigenvalue weighted by atomic mass is 16.6. The topological polar surface area (TPSA) is 201 Å². The number of carbonyl (C=O) groups is 3. The number of aliphatic hydroxyl groups is 1. The maximum Gasteiger partial charge on any atom is 0.410 e. The average molecular weight is 589 g/mol. The van der Waals surface area contributed by atoms with Crippen LogP contribution in [-0.2, 0) is 32.2 Å². The molecular weight excluding hydrogens is 556 g/mol. The summed E-state index contributed by atoms with van der Waals surface area (Å²) in [5, 5.41) is 34.3. The first-order valence-corrected chi connectivity index (χ1v) is 13.2. The number of nitrogens with one attached hydrogen (secondary N) is 1. The summed E-state index contributed by atoms with van der Waals surface area (Å²) in [4.78, 5) is 58.3. The number of β-amino-alcohol motifs (C(OH)–C–C–N with tert-alkyl or cyclic N) is 1. The van der Waals surface area contributed by atoms with Gasteiger partial charge in [0, 0.05) is 50.2 Å². The van der Waals surface area contributed by atoms with Gasteiger partial charge in [-0.05, 0) is 54.7 Å². The second-order valence-electron chi connectivity index (χ2n) is 9.70. The van der Waals surface area contributed by atoms with Gasteiger partial charge < -0.3 is 29.5 Å². The molecule has 0 spiro atoms. The van der Waals surface area contributed by atoms with E-state index in [9.17, 15) is 39.7 Å². The molecule has 0 aliphatic carbocycles. The number of amides is 2. The number of nitro groups is 2. The van der Waals surface area contributed by atoms with E-state index in [1.54, 1.807) is 0 Å². The van der Waals surface area contributed by atoms with Crippen molar-refractivity contribution in [1.82, 2.24) is 10.2 Å². The van der Waals surface area contributed by atoms with Gasteiger partial charge in [0.2, 0.25) is 0 Å². The molecule has 0 saturated carbocycles. The summed E-state index contributed by atoms with van der Waals surface area (Å²) in [5.74, 6) is -0.508. The molecule has 1 fully saturated rings. The first-order chi connectivity index (χ1) is 20.0. The minimum atomic E-state index is -0.749. The Morgan fingerprint density at radius 2 is 1.50 bits per heavy atom. The van der Waals surface area contributed by atoms with E-state index in [1.165, 1.54) is 60.4 Å². The molecule has 3 rings (SSSR count). The summed E-state index contributed by atoms with van der Waals surface area (Å²) in [7, 11) is 0. The van der Waals surface area contributed by atoms with Crippen molar-refractivity contribution in [2.24, 2.45) is 0 Å². The van der Waals surface area contributed by atoms with Gasteiger partial charge in [-0.15, -0.1) is 0 Å². The number of alkyl carbamates (subject to hydrolysis) is 1. The molecule has 0 aromatic heterocycles. The standard InChI is InChI=1S/C27H32N4O11/c1-18(32)42-25(12-13-28-26(34)40-16-19-2-6-21(7-3-19)30(36)37)11-10-23-14-24(33)15-29(23)27(35)41-17-20-4-8-22(9-5-20)31(38)39/h2-9,23-25,33H,10-17H2,1H3,(H,28,34)/t23-,24+,25?/m0/s1. The van der Waals surface area contributed by atoms with Crippen LogP contribution < -0.4 is 5.32 Å². The number of hydrogen-bond acceptors (Lipinski definition) is 11. The van der Waals surface area contributed by atoms with E-state index in [0.717, 1.165) is 0 Å². The van der Waals surface area contributed by atoms with Crippen molar-refractivity contribution in [2.45, 2.75) is 64.1 Å². The molecule has 0 bridgehead atoms. The highest BCUT2D eigenvalue weighted by Crippen LogP contribution is 2.25. The number of non-ortho nitro benzene ring substituents is 2. The molecular formula is C27H32N4O11. The molecule has 2 amide bonds. The Hall–Kier alpha value is -4.79. The molecule has 1 saturated heterocycles. The Morgan fingerprint density at radius 3 is 2.02 bits per heavy atom. The summed E-state index contributed by atoms with van der Waals surface area (Å²) >= 11 is 0. The lowest BCUT2D eigenvalue weighted by Gasteiger charge is -2.25. The van der Waals surface area contributed by atoms with Crippen molar-refractivity contribution in [1.29, 1.82) is 0 Å². The molecule has 15 heteroatoms. The fraction of sp³-hybridized carbons (Fsp3) is 0.444. The highest BCUT2D eigenvalue weighted by Gasteiger charge is 2.35. The van der Waals surface area contributed by atoms with Crippen LogP contribution in [0.25, 0.3) is 0 Å². The van der Waals surface area contributed by atoms with E-state index >= 15 is 0 Å². The summed E-state index contributed by atoms with van der Waals surface area (Å²) in [5.41, 5.74) is 0.987. The molecule has 3 atom stereocenters. The summed E-state index contributed by atoms with van der Waals surface area (Å²) in [6.45, 7) is 1.28. The van der Waals surface area contributed by atoms with Crippen molar-refractivity contribution in [3.63, 3.8) is 0 Å². The van der Waals surface area contributed by atoms with E-state index in [-0.39, 0.29) is 50.1 Å². The maximum atomic E-state index is 12.7. The second kappa shape index (κ2) is 15.3. The third-order valence-electron chi connectivity index (χ3n) is 6.54. The Morgan fingerprint density at radius 1 is 0.952 bits per heavy atom. The summed E-state index contributed by atoms with van der Waals surface area (Å²) < 4.78 is 15.8. The van der Waals surface area contributed by atoms with Crippen LogP contribution in [0.3, 0.4) is 0 Å². The third kappa shape index (κ3) is 9.99. The van der Waals surface area contributed by atoms with Crippen molar-refractivity contribution >= 4 is 29.5 Å². The molecule has 15 nitrogen and oxygen atoms in total. The minimum Gasteiger partial charge on any atom is -0.462 e. The molecule has 1 aliphatic rings. The first-order valence-electron chi connectivity index (χ1n) is 13.2. The number of nitrogens with zero attached hydrogens (tertiary/aromatic N) is 3. The van der Waals surface area contributed by atoms with Crippen LogP contribution in [-0.4, -0.2) is 69.3 Å². The van der Waals surface area contributed by atoms with Crippen LogP contribution in [0.4, 0.5) is 21.0 Å². The van der Waals surface area contributed by atoms with Gasteiger partial charge in [0.05, 0.1) is 22.5 Å². The zero-order valence-corrected chi connectivity index (χ0v) is 22.9. The summed E-state index contributed by atoms with van der Waals surface area (Å²) in [6.07, 6.45) is -1.35. The molecule has 0 radical (unpaired) electrons. The molecule has 2 aromatic carbocycles. The molecule has 1 heterocycles. The number of likely N-dealkylation sites (tertiary alicyclic amines) is 1. The average Bonchev–Trinajstić information content (AvgIpc) is 3.34. The molecule has 1 aliphatic heterocycles. The monoisotopic (exact) mass is 588 g/mol. The number of esters is 1. The van der Waals surface area contributed by atoms with Crippen LogP contribution in [0.15, 0.2) is 48.5 Å². The number of ether oxygens (including phenoxy) is 3. The van der Waals surface area contributed by atoms with Crippen molar-refractivity contribution in [2.75, 3.05) is 13.1 Å². The fourth-order valence-corrected chi connectivity index (χ4v) is 4.46. The molecule has 42 heavy (non-hydrogen) atoms. The van der Waals surface area contributed by atoms with Gasteiger partial charge in [0.15, 0.2) is 0 Å². The molecule has 2 aromatic rings. The largest absolute Gasteiger partial charge is 0.462 e. The van der Waals surface area contributed by atoms with Gasteiger partial charge in [-0.25, -0.2) is 9.59 Å². The Kier molecular flexibility index (Phi) is 11.5. The number of aliphatic hydroxyl groups excluding tert-OH is 1. The zero-order chi connectivity index (χ0) is 30.6. The number of carbonyl (C=O) groups excluding carboxylic acids is 3. The lowest BCUT2D eigenvalue weighted by molar-refractivity contribution is -0.385. The Labute approximate surface area is 240 Å². The smallest absolute Gasteiger partial charge is 0.410 e. The van der Waals surface area contributed by atoms with Gasteiger partial charge in [-0.1, -0.05) is 0 Å². The van der Waals surface area contributed by atoms with Crippen LogP contribution in [0.1, 0.15) is 43.7 Å². The van der Waals surface area contributed by atoms with E-state index in [4.69, 9.17) is 14.2 Å². The van der Waals surface area contributed by atoms with Crippen molar-refractivity contribution in [3.05, 3.63) is 79.9 Å². The van der Waals surface area contributed by atoms with Crippen LogP contribution in [0.5, 0.6) is 0 Å². The first kappa shape index (κ1) is 31.7. The number of rotatable bonds is 13. The van der Waals surface area contributed by atoms with Gasteiger partial charge >= 0.3 is 18.2 Å². The SMILES string of the molecule is CC(=O)OC(CCNC(=O)OCc1ccc([N+](=O)[O-])cc1)CC[C@H]1C[C@@H](O)CN1C(=O)OCc1ccc([N+](=O)[O-])cc1. The lowest BCUT2D eigenvalue weighted by Crippen LogP contribution is -2.37. The second-order valence-corrected chi connectivity index (χ2v) is 9.70. The van der Waals surface area contributed by atoms with E-state index in [0.29, 0.717) is 30.4 Å². The van der Waals surface area contributed by atoms with Crippen LogP contribution in [0, 0.1) is 20.2 Å². The maximum absolute atomic E-state index is 12.7. The summed E-state index contributed by atoms with van der Waals surface area (Å²) in [6, 6.07) is 10.8. The number of nitro benzene ring substituents is 2. The highest BCUT2D eigenvalue weighted by molar-refractivity contribution is 5.69. The zero-order valence-electron chi connectivity index (χ0n) is 22.9. The number of hydrogen-bond donors (Lipinski definition) is 2. The van der Waals surface area contributed by atoms with Crippen molar-refractivity contribution < 1.29 is 43.5 Å². The predicted octanol–water partition coefficient (Wildman–Crippen LogP) is 3.60. The van der Waals surface area contributed by atoms with Crippen molar-refractivity contribution in [3.8, 4) is 0 Å². The van der Waals surface area contributed by atoms with E-state index in [1.807, 2.05) is 0 Å². The molecule has 1 unspecified atom stereocenters. The fourth-order valence-electron chi connectivity index (χ4n) is 4.46. The van der Waals surface area contributed by atoms with Gasteiger partial charge in [-0.2, -0.15) is 0 Å². The van der Waals surface area contributed by atoms with E-state index in [2.05, 4.69) is 5.32 Å². The normalized spacial score (nSPS) is 16.8. The van der Waals surface area contributed by atoms with Gasteiger partial charge in [0.1, 0.15) is 19.3 Å². The minimum absolute atomic E-state index is 0.0736. The van der Waals surface area contributed by atoms with Gasteiger partial charge in [-0.3, -0.25) is 25.0 Å². The van der Waals surface area contributed by atoms with Gasteiger partial charge in [0.25, 0.3) is 11.4 Å². The van der Waals surface area contributed by atoms with Crippen LogP contribution in [0.2, 0.25) is 0 Å². The number of benzene rings is 2. The predicted molar refractivity (Wildman–Crippen MR) is 145 cm³/mol.